The van der Waals surface area contributed by atoms with Crippen molar-refractivity contribution in [2.45, 2.75) is 24.9 Å². The minimum atomic E-state index is -5.03. The molecule has 0 aliphatic rings. The fraction of sp³-hybridized carbons (Fsp3) is 0.188. The second-order valence-electron chi connectivity index (χ2n) is 5.85. The lowest BCUT2D eigenvalue weighted by Gasteiger charge is -2.12. The van der Waals surface area contributed by atoms with Crippen molar-refractivity contribution in [3.05, 3.63) is 59.4 Å². The average Bonchev–Trinajstić information content (AvgIpc) is 2.92. The summed E-state index contributed by atoms with van der Waals surface area (Å²) in [5.41, 5.74) is -0.232. The van der Waals surface area contributed by atoms with Gasteiger partial charge >= 0.3 is 6.18 Å². The number of hydrogen-bond donors (Lipinski definition) is 1. The summed E-state index contributed by atoms with van der Waals surface area (Å²) in [5, 5.41) is 4.21. The first kappa shape index (κ1) is 19.7. The van der Waals surface area contributed by atoms with Gasteiger partial charge in [0.25, 0.3) is 10.0 Å². The van der Waals surface area contributed by atoms with Crippen molar-refractivity contribution in [3.8, 4) is 5.82 Å². The van der Waals surface area contributed by atoms with Gasteiger partial charge in [-0.1, -0.05) is 0 Å². The smallest absolute Gasteiger partial charge is 0.263 e. The van der Waals surface area contributed by atoms with E-state index in [2.05, 4.69) is 19.8 Å². The SMILES string of the molecule is Cc1cc(C)n(-c2cc(NS(=O)(=O)c3ccc(F)c(C(F)(F)F)c3)ncn2)n1. The molecule has 1 aromatic carbocycles. The van der Waals surface area contributed by atoms with Crippen molar-refractivity contribution in [2.75, 3.05) is 4.72 Å². The highest BCUT2D eigenvalue weighted by Crippen LogP contribution is 2.33. The molecule has 0 saturated heterocycles. The van der Waals surface area contributed by atoms with Crippen molar-refractivity contribution in [1.29, 1.82) is 0 Å². The monoisotopic (exact) mass is 415 g/mol. The quantitative estimate of drug-likeness (QED) is 0.661. The van der Waals surface area contributed by atoms with Crippen molar-refractivity contribution in [3.63, 3.8) is 0 Å². The number of aryl methyl sites for hydroxylation is 2. The molecule has 0 bridgehead atoms. The Balaban J connectivity index is 1.96. The number of sulfonamides is 1. The van der Waals surface area contributed by atoms with Gasteiger partial charge < -0.3 is 0 Å². The summed E-state index contributed by atoms with van der Waals surface area (Å²) >= 11 is 0. The van der Waals surface area contributed by atoms with Crippen LogP contribution < -0.4 is 4.72 Å². The molecular formula is C16H13F4N5O2S. The second kappa shape index (κ2) is 6.86. The Morgan fingerprint density at radius 1 is 1.07 bits per heavy atom. The van der Waals surface area contributed by atoms with Crippen LogP contribution in [0.1, 0.15) is 17.0 Å². The normalized spacial score (nSPS) is 12.2. The van der Waals surface area contributed by atoms with E-state index in [-0.39, 0.29) is 17.7 Å². The zero-order valence-corrected chi connectivity index (χ0v) is 15.3. The number of halogens is 4. The Bertz CT molecular complexity index is 1140. The van der Waals surface area contributed by atoms with Crippen LogP contribution in [-0.2, 0) is 16.2 Å². The maximum Gasteiger partial charge on any atom is 0.419 e. The van der Waals surface area contributed by atoms with Crippen LogP contribution in [0.4, 0.5) is 23.4 Å². The van der Waals surface area contributed by atoms with Gasteiger partial charge in [-0.2, -0.15) is 18.3 Å². The van der Waals surface area contributed by atoms with Crippen LogP contribution in [0.15, 0.2) is 41.6 Å². The summed E-state index contributed by atoms with van der Waals surface area (Å²) in [6.45, 7) is 3.53. The molecule has 0 atom stereocenters. The Labute approximate surface area is 157 Å². The molecule has 0 radical (unpaired) electrons. The zero-order chi connectivity index (χ0) is 20.7. The van der Waals surface area contributed by atoms with Gasteiger partial charge in [-0.05, 0) is 38.1 Å². The van der Waals surface area contributed by atoms with Gasteiger partial charge in [0.15, 0.2) is 5.82 Å². The lowest BCUT2D eigenvalue weighted by molar-refractivity contribution is -0.140. The molecule has 0 fully saturated rings. The van der Waals surface area contributed by atoms with Crippen LogP contribution in [0.3, 0.4) is 0 Å². The summed E-state index contributed by atoms with van der Waals surface area (Å²) in [4.78, 5) is 7.01. The third kappa shape index (κ3) is 3.96. The Hall–Kier alpha value is -3.02. The minimum Gasteiger partial charge on any atom is -0.263 e. The molecule has 0 saturated carbocycles. The van der Waals surface area contributed by atoms with E-state index in [1.165, 1.54) is 10.7 Å². The van der Waals surface area contributed by atoms with E-state index in [1.807, 2.05) is 0 Å². The summed E-state index contributed by atoms with van der Waals surface area (Å²) in [6, 6.07) is 4.45. The summed E-state index contributed by atoms with van der Waals surface area (Å²) < 4.78 is 80.3. The van der Waals surface area contributed by atoms with Crippen LogP contribution in [0, 0.1) is 19.7 Å². The number of anilines is 1. The molecule has 0 amide bonds. The number of alkyl halides is 3. The van der Waals surface area contributed by atoms with Gasteiger partial charge in [0.2, 0.25) is 0 Å². The molecular weight excluding hydrogens is 402 g/mol. The van der Waals surface area contributed by atoms with Crippen LogP contribution in [0.2, 0.25) is 0 Å². The molecule has 7 nitrogen and oxygen atoms in total. The van der Waals surface area contributed by atoms with E-state index >= 15 is 0 Å². The number of rotatable bonds is 4. The summed E-state index contributed by atoms with van der Waals surface area (Å²) in [6.07, 6.45) is -3.96. The molecule has 0 aliphatic carbocycles. The minimum absolute atomic E-state index is 0.185. The first-order valence-electron chi connectivity index (χ1n) is 7.72. The van der Waals surface area contributed by atoms with E-state index < -0.39 is 32.5 Å². The molecule has 2 heterocycles. The second-order valence-corrected chi connectivity index (χ2v) is 7.53. The Morgan fingerprint density at radius 3 is 2.39 bits per heavy atom. The maximum absolute atomic E-state index is 13.4. The predicted octanol–water partition coefficient (Wildman–Crippen LogP) is 3.24. The van der Waals surface area contributed by atoms with E-state index in [0.717, 1.165) is 18.1 Å². The first-order chi connectivity index (χ1) is 13.0. The fourth-order valence-electron chi connectivity index (χ4n) is 2.46. The molecule has 28 heavy (non-hydrogen) atoms. The molecule has 3 rings (SSSR count). The third-order valence-electron chi connectivity index (χ3n) is 3.67. The zero-order valence-electron chi connectivity index (χ0n) is 14.5. The topological polar surface area (TPSA) is 89.8 Å². The fourth-order valence-corrected chi connectivity index (χ4v) is 3.49. The molecule has 1 N–H and O–H groups in total. The van der Waals surface area contributed by atoms with Crippen molar-refractivity contribution in [2.24, 2.45) is 0 Å². The number of benzene rings is 1. The molecule has 2 aromatic heterocycles. The Kier molecular flexibility index (Phi) is 4.83. The van der Waals surface area contributed by atoms with Crippen LogP contribution in [0.5, 0.6) is 0 Å². The lowest BCUT2D eigenvalue weighted by Crippen LogP contribution is -2.17. The summed E-state index contributed by atoms with van der Waals surface area (Å²) in [7, 11) is -4.45. The van der Waals surface area contributed by atoms with Gasteiger partial charge in [0, 0.05) is 11.8 Å². The number of hydrogen-bond acceptors (Lipinski definition) is 5. The first-order valence-corrected chi connectivity index (χ1v) is 9.21. The largest absolute Gasteiger partial charge is 0.419 e. The Morgan fingerprint density at radius 2 is 1.79 bits per heavy atom. The highest BCUT2D eigenvalue weighted by molar-refractivity contribution is 7.92. The third-order valence-corrected chi connectivity index (χ3v) is 5.02. The molecule has 148 valence electrons. The van der Waals surface area contributed by atoms with Gasteiger partial charge in [-0.3, -0.25) is 4.72 Å². The van der Waals surface area contributed by atoms with E-state index in [9.17, 15) is 26.0 Å². The molecule has 0 unspecified atom stereocenters. The molecule has 0 spiro atoms. The predicted molar refractivity (Wildman–Crippen MR) is 90.8 cm³/mol. The van der Waals surface area contributed by atoms with Crippen molar-refractivity contribution in [1.82, 2.24) is 19.7 Å². The van der Waals surface area contributed by atoms with Crippen LogP contribution >= 0.6 is 0 Å². The lowest BCUT2D eigenvalue weighted by atomic mass is 10.2. The molecule has 12 heteroatoms. The molecule has 0 aliphatic heterocycles. The highest BCUT2D eigenvalue weighted by atomic mass is 32.2. The van der Waals surface area contributed by atoms with Gasteiger partial charge in [-0.25, -0.2) is 27.5 Å². The highest BCUT2D eigenvalue weighted by Gasteiger charge is 2.35. The number of aromatic nitrogens is 4. The van der Waals surface area contributed by atoms with E-state index in [1.54, 1.807) is 19.9 Å². The number of nitrogens with zero attached hydrogens (tertiary/aromatic N) is 4. The van der Waals surface area contributed by atoms with Gasteiger partial charge in [-0.15, -0.1) is 0 Å². The standard InChI is InChI=1S/C16H13F4N5O2S/c1-9-5-10(2)25(23-9)15-7-14(21-8-22-15)24-28(26,27)11-3-4-13(17)12(6-11)16(18,19)20/h3-8H,1-2H3,(H,21,22,24). The van der Waals surface area contributed by atoms with E-state index in [4.69, 9.17) is 0 Å². The van der Waals surface area contributed by atoms with Crippen molar-refractivity contribution < 1.29 is 26.0 Å². The molecule has 3 aromatic rings. The van der Waals surface area contributed by atoms with Gasteiger partial charge in [0.05, 0.1) is 16.2 Å². The van der Waals surface area contributed by atoms with Crippen LogP contribution in [0.25, 0.3) is 5.82 Å². The van der Waals surface area contributed by atoms with E-state index in [0.29, 0.717) is 11.8 Å². The van der Waals surface area contributed by atoms with Crippen molar-refractivity contribution >= 4 is 15.8 Å². The average molecular weight is 415 g/mol. The maximum atomic E-state index is 13.4. The van der Waals surface area contributed by atoms with Gasteiger partial charge in [0.1, 0.15) is 18.0 Å². The van der Waals surface area contributed by atoms with Crippen LogP contribution in [-0.4, -0.2) is 28.2 Å². The summed E-state index contributed by atoms with van der Waals surface area (Å²) in [5.74, 6) is -1.50. The number of nitrogens with one attached hydrogen (secondary N) is 1.